The Bertz CT molecular complexity index is 405. The van der Waals surface area contributed by atoms with Crippen molar-refractivity contribution in [3.05, 3.63) is 33.4 Å². The quantitative estimate of drug-likeness (QED) is 0.749. The van der Waals surface area contributed by atoms with Crippen LogP contribution in [0.5, 0.6) is 0 Å². The van der Waals surface area contributed by atoms with Crippen LogP contribution in [0.2, 0.25) is 0 Å². The molecular formula is C15H24ClIN2O. The van der Waals surface area contributed by atoms with Crippen LogP contribution >= 0.6 is 35.0 Å². The fraction of sp³-hybridized carbons (Fsp3) is 0.600. The first-order valence-electron chi connectivity index (χ1n) is 6.86. The van der Waals surface area contributed by atoms with Crippen molar-refractivity contribution in [2.75, 3.05) is 32.8 Å². The van der Waals surface area contributed by atoms with Gasteiger partial charge in [-0.2, -0.15) is 0 Å². The topological polar surface area (TPSA) is 35.5 Å². The maximum absolute atomic E-state index is 9.77. The average Bonchev–Trinajstić information content (AvgIpc) is 2.42. The molecule has 0 spiro atoms. The number of benzene rings is 1. The van der Waals surface area contributed by atoms with Crippen molar-refractivity contribution >= 4 is 35.0 Å². The number of nitrogens with one attached hydrogen (secondary N) is 1. The molecule has 1 heterocycles. The first-order chi connectivity index (χ1) is 9.04. The van der Waals surface area contributed by atoms with Gasteiger partial charge in [-0.1, -0.05) is 26.0 Å². The molecule has 0 saturated carbocycles. The summed E-state index contributed by atoms with van der Waals surface area (Å²) in [6, 6.07) is 8.98. The van der Waals surface area contributed by atoms with Crippen LogP contribution in [0.25, 0.3) is 0 Å². The third kappa shape index (κ3) is 4.31. The SMILES string of the molecule is CC(C)(CO)[C@@H](c1ccc(I)cc1)N1CCNCC1.Cl. The third-order valence-corrected chi connectivity index (χ3v) is 4.57. The molecule has 1 aliphatic heterocycles. The molecule has 0 amide bonds. The molecule has 0 aromatic heterocycles. The minimum Gasteiger partial charge on any atom is -0.396 e. The van der Waals surface area contributed by atoms with E-state index in [0.29, 0.717) is 0 Å². The van der Waals surface area contributed by atoms with E-state index in [-0.39, 0.29) is 30.5 Å². The van der Waals surface area contributed by atoms with Gasteiger partial charge in [-0.15, -0.1) is 12.4 Å². The lowest BCUT2D eigenvalue weighted by molar-refractivity contribution is 0.0305. The van der Waals surface area contributed by atoms with Gasteiger partial charge in [-0.05, 0) is 40.3 Å². The molecule has 0 aliphatic carbocycles. The Morgan fingerprint density at radius 1 is 1.25 bits per heavy atom. The summed E-state index contributed by atoms with van der Waals surface area (Å²) in [5.41, 5.74) is 1.17. The maximum Gasteiger partial charge on any atom is 0.0500 e. The van der Waals surface area contributed by atoms with Crippen LogP contribution in [0.1, 0.15) is 25.5 Å². The largest absolute Gasteiger partial charge is 0.396 e. The van der Waals surface area contributed by atoms with E-state index in [0.717, 1.165) is 26.2 Å². The highest BCUT2D eigenvalue weighted by Crippen LogP contribution is 2.38. The standard InChI is InChI=1S/C15H23IN2O.ClH/c1-15(2,11-19)14(18-9-7-17-8-10-18)12-3-5-13(16)6-4-12;/h3-6,14,17,19H,7-11H2,1-2H3;1H/t14-;/m1./s1. The molecule has 1 aromatic rings. The van der Waals surface area contributed by atoms with Gasteiger partial charge in [0.05, 0.1) is 0 Å². The van der Waals surface area contributed by atoms with E-state index in [1.165, 1.54) is 9.13 Å². The lowest BCUT2D eigenvalue weighted by atomic mass is 9.80. The van der Waals surface area contributed by atoms with Gasteiger partial charge in [0.15, 0.2) is 0 Å². The number of hydrogen-bond donors (Lipinski definition) is 2. The van der Waals surface area contributed by atoms with Gasteiger partial charge < -0.3 is 10.4 Å². The van der Waals surface area contributed by atoms with E-state index in [4.69, 9.17) is 0 Å². The van der Waals surface area contributed by atoms with Crippen LogP contribution in [-0.2, 0) is 0 Å². The normalized spacial score (nSPS) is 18.4. The maximum atomic E-state index is 9.77. The smallest absolute Gasteiger partial charge is 0.0500 e. The molecule has 5 heteroatoms. The van der Waals surface area contributed by atoms with Crippen molar-refractivity contribution in [2.24, 2.45) is 5.41 Å². The summed E-state index contributed by atoms with van der Waals surface area (Å²) in [5.74, 6) is 0. The third-order valence-electron chi connectivity index (χ3n) is 3.85. The van der Waals surface area contributed by atoms with Crippen LogP contribution in [0.15, 0.2) is 24.3 Å². The van der Waals surface area contributed by atoms with Crippen molar-refractivity contribution in [1.29, 1.82) is 0 Å². The van der Waals surface area contributed by atoms with Crippen molar-refractivity contribution in [3.63, 3.8) is 0 Å². The number of halogens is 2. The van der Waals surface area contributed by atoms with E-state index < -0.39 is 0 Å². The summed E-state index contributed by atoms with van der Waals surface area (Å²) in [5, 5.41) is 13.2. The second-order valence-electron chi connectivity index (χ2n) is 5.89. The van der Waals surface area contributed by atoms with Gasteiger partial charge in [-0.3, -0.25) is 4.90 Å². The molecule has 1 aromatic carbocycles. The molecule has 1 atom stereocenters. The molecule has 20 heavy (non-hydrogen) atoms. The van der Waals surface area contributed by atoms with Crippen molar-refractivity contribution in [3.8, 4) is 0 Å². The molecular weight excluding hydrogens is 387 g/mol. The van der Waals surface area contributed by atoms with E-state index in [9.17, 15) is 5.11 Å². The van der Waals surface area contributed by atoms with Gasteiger partial charge in [0.1, 0.15) is 0 Å². The van der Waals surface area contributed by atoms with Crippen LogP contribution in [0.4, 0.5) is 0 Å². The lowest BCUT2D eigenvalue weighted by Crippen LogP contribution is -2.49. The summed E-state index contributed by atoms with van der Waals surface area (Å²) >= 11 is 2.33. The van der Waals surface area contributed by atoms with Gasteiger partial charge in [-0.25, -0.2) is 0 Å². The molecule has 0 unspecified atom stereocenters. The van der Waals surface area contributed by atoms with E-state index in [1.54, 1.807) is 0 Å². The zero-order chi connectivity index (χ0) is 13.9. The van der Waals surface area contributed by atoms with Gasteiger partial charge >= 0.3 is 0 Å². The van der Waals surface area contributed by atoms with E-state index in [2.05, 4.69) is 70.9 Å². The molecule has 1 aliphatic rings. The highest BCUT2D eigenvalue weighted by Gasteiger charge is 2.35. The fourth-order valence-corrected chi connectivity index (χ4v) is 3.19. The summed E-state index contributed by atoms with van der Waals surface area (Å²) in [4.78, 5) is 2.49. The van der Waals surface area contributed by atoms with Gasteiger partial charge in [0.2, 0.25) is 0 Å². The van der Waals surface area contributed by atoms with Crippen LogP contribution < -0.4 is 5.32 Å². The number of aliphatic hydroxyl groups excluding tert-OH is 1. The highest BCUT2D eigenvalue weighted by atomic mass is 127. The molecule has 2 N–H and O–H groups in total. The van der Waals surface area contributed by atoms with Crippen molar-refractivity contribution in [1.82, 2.24) is 10.2 Å². The minimum atomic E-state index is -0.135. The predicted molar refractivity (Wildman–Crippen MR) is 94.5 cm³/mol. The van der Waals surface area contributed by atoms with Crippen LogP contribution in [0.3, 0.4) is 0 Å². The molecule has 0 radical (unpaired) electrons. The molecule has 114 valence electrons. The van der Waals surface area contributed by atoms with Crippen molar-refractivity contribution < 1.29 is 5.11 Å². The number of aliphatic hydroxyl groups is 1. The van der Waals surface area contributed by atoms with Gasteiger partial charge in [0.25, 0.3) is 0 Å². The zero-order valence-corrected chi connectivity index (χ0v) is 15.1. The highest BCUT2D eigenvalue weighted by molar-refractivity contribution is 14.1. The second-order valence-corrected chi connectivity index (χ2v) is 7.13. The molecule has 3 nitrogen and oxygen atoms in total. The number of nitrogens with zero attached hydrogens (tertiary/aromatic N) is 1. The summed E-state index contributed by atoms with van der Waals surface area (Å²) in [7, 11) is 0. The Labute approximate surface area is 141 Å². The van der Waals surface area contributed by atoms with Crippen LogP contribution in [-0.4, -0.2) is 42.8 Å². The molecule has 1 saturated heterocycles. The minimum absolute atomic E-state index is 0. The fourth-order valence-electron chi connectivity index (χ4n) is 2.83. The number of rotatable bonds is 4. The summed E-state index contributed by atoms with van der Waals surface area (Å²) in [6.45, 7) is 8.65. The Morgan fingerprint density at radius 3 is 2.30 bits per heavy atom. The Morgan fingerprint density at radius 2 is 1.80 bits per heavy atom. The molecule has 1 fully saturated rings. The predicted octanol–water partition coefficient (Wildman–Crippen LogP) is 2.68. The Balaban J connectivity index is 0.00000200. The van der Waals surface area contributed by atoms with E-state index >= 15 is 0 Å². The van der Waals surface area contributed by atoms with Crippen molar-refractivity contribution in [2.45, 2.75) is 19.9 Å². The van der Waals surface area contributed by atoms with E-state index in [1.807, 2.05) is 0 Å². The number of hydrogen-bond acceptors (Lipinski definition) is 3. The Kier molecular flexibility index (Phi) is 7.21. The molecule has 2 rings (SSSR count). The van der Waals surface area contributed by atoms with Gasteiger partial charge in [0, 0.05) is 47.8 Å². The average molecular weight is 411 g/mol. The summed E-state index contributed by atoms with van der Waals surface area (Å²) < 4.78 is 1.25. The zero-order valence-electron chi connectivity index (χ0n) is 12.1. The first kappa shape index (κ1) is 18.2. The van der Waals surface area contributed by atoms with Crippen LogP contribution in [0, 0.1) is 8.99 Å². The summed E-state index contributed by atoms with van der Waals surface area (Å²) in [6.07, 6.45) is 0. The number of piperazine rings is 1. The monoisotopic (exact) mass is 410 g/mol. The lowest BCUT2D eigenvalue weighted by Gasteiger charge is -2.43. The molecule has 0 bridgehead atoms. The second kappa shape index (κ2) is 7.94. The first-order valence-corrected chi connectivity index (χ1v) is 7.93. The Hall–Kier alpha value is 0.120.